The Labute approximate surface area is 152 Å². The highest BCUT2D eigenvalue weighted by atomic mass is 16.4. The Kier molecular flexibility index (Phi) is 9.54. The molecule has 0 aromatic heterocycles. The Morgan fingerprint density at radius 3 is 2.00 bits per heavy atom. The fourth-order valence-corrected chi connectivity index (χ4v) is 1.96. The first-order valence-corrected chi connectivity index (χ1v) is 8.04. The van der Waals surface area contributed by atoms with Crippen LogP contribution >= 0.6 is 0 Å². The Hall–Kier alpha value is -3.41. The molecule has 0 fully saturated rings. The van der Waals surface area contributed by atoms with Gasteiger partial charge in [-0.3, -0.25) is 5.41 Å². The second-order valence-electron chi connectivity index (χ2n) is 5.28. The smallest absolute Gasteiger partial charge is 0.414 e. The summed E-state index contributed by atoms with van der Waals surface area (Å²) in [7, 11) is 0. The van der Waals surface area contributed by atoms with E-state index >= 15 is 0 Å². The summed E-state index contributed by atoms with van der Waals surface area (Å²) < 4.78 is 0. The van der Waals surface area contributed by atoms with Crippen molar-refractivity contribution in [1.82, 2.24) is 5.32 Å². The van der Waals surface area contributed by atoms with E-state index in [0.717, 1.165) is 24.9 Å². The molecule has 0 bridgehead atoms. The number of nitrogens with one attached hydrogen (secondary N) is 2. The average Bonchev–Trinajstić information content (AvgIpc) is 2.66. The standard InChI is InChI=1S/C18H20N2.C2H2O4/c19-18(14-13-17-10-5-2-6-11-17)20-15-7-12-16-8-3-1-4-9-16;3-1(4)2(5)6/h1-6,8-11,13-14H,7,12,15H2,(H2,19,20);(H,3,4)(H,5,6)/b14-13+;. The minimum Gasteiger partial charge on any atom is -0.473 e. The Morgan fingerprint density at radius 2 is 1.46 bits per heavy atom. The summed E-state index contributed by atoms with van der Waals surface area (Å²) in [5.41, 5.74) is 2.46. The van der Waals surface area contributed by atoms with Gasteiger partial charge in [0.15, 0.2) is 0 Å². The lowest BCUT2D eigenvalue weighted by molar-refractivity contribution is -0.159. The molecule has 0 unspecified atom stereocenters. The molecule has 0 spiro atoms. The molecular formula is C20H22N2O4. The van der Waals surface area contributed by atoms with Gasteiger partial charge < -0.3 is 15.5 Å². The van der Waals surface area contributed by atoms with Crippen LogP contribution in [-0.2, 0) is 16.0 Å². The molecule has 136 valence electrons. The van der Waals surface area contributed by atoms with E-state index in [-0.39, 0.29) is 0 Å². The van der Waals surface area contributed by atoms with Crippen LogP contribution in [0.4, 0.5) is 0 Å². The maximum Gasteiger partial charge on any atom is 0.414 e. The SMILES string of the molecule is N=C(/C=C/c1ccccc1)NCCCc1ccccc1.O=C(O)C(=O)O. The highest BCUT2D eigenvalue weighted by molar-refractivity contribution is 6.27. The van der Waals surface area contributed by atoms with Crippen LogP contribution < -0.4 is 5.32 Å². The molecule has 2 aromatic carbocycles. The molecule has 0 aliphatic rings. The zero-order valence-corrected chi connectivity index (χ0v) is 14.3. The summed E-state index contributed by atoms with van der Waals surface area (Å²) in [4.78, 5) is 18.2. The van der Waals surface area contributed by atoms with Gasteiger partial charge in [-0.2, -0.15) is 0 Å². The molecule has 2 rings (SSSR count). The van der Waals surface area contributed by atoms with Gasteiger partial charge in [-0.1, -0.05) is 66.7 Å². The summed E-state index contributed by atoms with van der Waals surface area (Å²) in [6.45, 7) is 0.826. The molecular weight excluding hydrogens is 332 g/mol. The number of carboxylic acid groups (broad SMARTS) is 2. The van der Waals surface area contributed by atoms with Crippen LogP contribution in [0.3, 0.4) is 0 Å². The zero-order valence-electron chi connectivity index (χ0n) is 14.3. The second-order valence-corrected chi connectivity index (χ2v) is 5.28. The van der Waals surface area contributed by atoms with E-state index < -0.39 is 11.9 Å². The predicted molar refractivity (Wildman–Crippen MR) is 101 cm³/mol. The molecule has 0 amide bonds. The normalized spacial score (nSPS) is 9.85. The monoisotopic (exact) mass is 354 g/mol. The van der Waals surface area contributed by atoms with Gasteiger partial charge in [-0.05, 0) is 30.0 Å². The van der Waals surface area contributed by atoms with E-state index in [1.807, 2.05) is 42.5 Å². The Balaban J connectivity index is 0.000000487. The van der Waals surface area contributed by atoms with Gasteiger partial charge in [0.25, 0.3) is 0 Å². The maximum absolute atomic E-state index is 9.10. The summed E-state index contributed by atoms with van der Waals surface area (Å²) in [5.74, 6) is -3.19. The number of hydrogen-bond acceptors (Lipinski definition) is 3. The van der Waals surface area contributed by atoms with Crippen molar-refractivity contribution in [3.05, 3.63) is 77.9 Å². The Morgan fingerprint density at radius 1 is 0.923 bits per heavy atom. The zero-order chi connectivity index (χ0) is 19.2. The lowest BCUT2D eigenvalue weighted by atomic mass is 10.1. The van der Waals surface area contributed by atoms with E-state index in [0.29, 0.717) is 5.84 Å². The number of amidine groups is 1. The minimum absolute atomic E-state index is 0.460. The van der Waals surface area contributed by atoms with Crippen LogP contribution in [0.25, 0.3) is 6.08 Å². The van der Waals surface area contributed by atoms with E-state index in [2.05, 4.69) is 29.6 Å². The number of carboxylic acids is 2. The summed E-state index contributed by atoms with van der Waals surface area (Å²) in [6.07, 6.45) is 5.83. The fourth-order valence-electron chi connectivity index (χ4n) is 1.96. The molecule has 0 aliphatic heterocycles. The van der Waals surface area contributed by atoms with Crippen LogP contribution in [0.2, 0.25) is 0 Å². The van der Waals surface area contributed by atoms with Gasteiger partial charge in [-0.25, -0.2) is 9.59 Å². The van der Waals surface area contributed by atoms with E-state index in [1.54, 1.807) is 6.08 Å². The van der Waals surface area contributed by atoms with Gasteiger partial charge in [-0.15, -0.1) is 0 Å². The molecule has 0 atom stereocenters. The molecule has 0 heterocycles. The van der Waals surface area contributed by atoms with Gasteiger partial charge in [0, 0.05) is 6.54 Å². The first-order chi connectivity index (χ1) is 12.5. The molecule has 0 aliphatic carbocycles. The van der Waals surface area contributed by atoms with E-state index in [4.69, 9.17) is 25.2 Å². The second kappa shape index (κ2) is 12.0. The van der Waals surface area contributed by atoms with Crippen LogP contribution in [0, 0.1) is 5.41 Å². The highest BCUT2D eigenvalue weighted by Gasteiger charge is 2.04. The van der Waals surface area contributed by atoms with Crippen molar-refractivity contribution in [2.45, 2.75) is 12.8 Å². The van der Waals surface area contributed by atoms with Crippen molar-refractivity contribution in [2.24, 2.45) is 0 Å². The van der Waals surface area contributed by atoms with E-state index in [1.165, 1.54) is 5.56 Å². The van der Waals surface area contributed by atoms with Gasteiger partial charge in [0.2, 0.25) is 0 Å². The number of benzene rings is 2. The third-order valence-electron chi connectivity index (χ3n) is 3.23. The van der Waals surface area contributed by atoms with Crippen LogP contribution in [-0.4, -0.2) is 34.5 Å². The highest BCUT2D eigenvalue weighted by Crippen LogP contribution is 2.02. The summed E-state index contributed by atoms with van der Waals surface area (Å²) in [5, 5.41) is 25.7. The van der Waals surface area contributed by atoms with Gasteiger partial charge in [0.1, 0.15) is 5.84 Å². The largest absolute Gasteiger partial charge is 0.473 e. The van der Waals surface area contributed by atoms with Crippen molar-refractivity contribution in [2.75, 3.05) is 6.54 Å². The minimum atomic E-state index is -1.82. The molecule has 4 N–H and O–H groups in total. The van der Waals surface area contributed by atoms with Crippen molar-refractivity contribution in [3.63, 3.8) is 0 Å². The number of aliphatic carboxylic acids is 2. The molecule has 0 saturated heterocycles. The molecule has 2 aromatic rings. The number of aryl methyl sites for hydroxylation is 1. The van der Waals surface area contributed by atoms with Crippen LogP contribution in [0.5, 0.6) is 0 Å². The fraction of sp³-hybridized carbons (Fsp3) is 0.150. The van der Waals surface area contributed by atoms with Gasteiger partial charge in [0.05, 0.1) is 0 Å². The van der Waals surface area contributed by atoms with Crippen molar-refractivity contribution in [1.29, 1.82) is 5.41 Å². The van der Waals surface area contributed by atoms with Gasteiger partial charge >= 0.3 is 11.9 Å². The van der Waals surface area contributed by atoms with Crippen molar-refractivity contribution >= 4 is 23.9 Å². The predicted octanol–water partition coefficient (Wildman–Crippen LogP) is 3.06. The molecule has 0 saturated carbocycles. The third kappa shape index (κ3) is 9.67. The Bertz CT molecular complexity index is 716. The van der Waals surface area contributed by atoms with Crippen LogP contribution in [0.1, 0.15) is 17.5 Å². The van der Waals surface area contributed by atoms with E-state index in [9.17, 15) is 0 Å². The molecule has 0 radical (unpaired) electrons. The number of hydrogen-bond donors (Lipinski definition) is 4. The van der Waals surface area contributed by atoms with Crippen molar-refractivity contribution < 1.29 is 19.8 Å². The maximum atomic E-state index is 9.10. The molecule has 6 heteroatoms. The van der Waals surface area contributed by atoms with Crippen LogP contribution in [0.15, 0.2) is 66.7 Å². The first-order valence-electron chi connectivity index (χ1n) is 8.04. The summed E-state index contributed by atoms with van der Waals surface area (Å²) in [6, 6.07) is 20.5. The molecule has 26 heavy (non-hydrogen) atoms. The first kappa shape index (κ1) is 20.6. The lowest BCUT2D eigenvalue weighted by Crippen LogP contribution is -2.21. The molecule has 6 nitrogen and oxygen atoms in total. The average molecular weight is 354 g/mol. The third-order valence-corrected chi connectivity index (χ3v) is 3.23. The summed E-state index contributed by atoms with van der Waals surface area (Å²) >= 11 is 0. The topological polar surface area (TPSA) is 110 Å². The quantitative estimate of drug-likeness (QED) is 0.276. The number of rotatable bonds is 6. The van der Waals surface area contributed by atoms with Crippen molar-refractivity contribution in [3.8, 4) is 0 Å². The lowest BCUT2D eigenvalue weighted by Gasteiger charge is -2.04. The number of carbonyl (C=O) groups is 2.